The third kappa shape index (κ3) is 3.78. The highest BCUT2D eigenvalue weighted by atomic mass is 32.1. The fourth-order valence-corrected chi connectivity index (χ4v) is 2.35. The molecule has 2 aromatic heterocycles. The van der Waals surface area contributed by atoms with Gasteiger partial charge in [-0.15, -0.1) is 11.3 Å². The van der Waals surface area contributed by atoms with E-state index >= 15 is 0 Å². The molecule has 1 N–H and O–H groups in total. The van der Waals surface area contributed by atoms with Crippen molar-refractivity contribution in [2.24, 2.45) is 0 Å². The van der Waals surface area contributed by atoms with Crippen LogP contribution in [0.25, 0.3) is 0 Å². The first-order valence-corrected chi connectivity index (χ1v) is 6.96. The van der Waals surface area contributed by atoms with E-state index < -0.39 is 0 Å². The summed E-state index contributed by atoms with van der Waals surface area (Å²) in [6, 6.07) is 4.09. The number of aromatic nitrogens is 2. The van der Waals surface area contributed by atoms with Crippen LogP contribution >= 0.6 is 11.3 Å². The fourth-order valence-electron chi connectivity index (χ4n) is 1.80. The lowest BCUT2D eigenvalue weighted by Crippen LogP contribution is -2.18. The summed E-state index contributed by atoms with van der Waals surface area (Å²) in [5, 5.41) is 5.38. The van der Waals surface area contributed by atoms with Gasteiger partial charge in [-0.3, -0.25) is 9.88 Å². The second-order valence-corrected chi connectivity index (χ2v) is 4.94. The zero-order valence-electron chi connectivity index (χ0n) is 10.8. The molecule has 0 atom stereocenters. The lowest BCUT2D eigenvalue weighted by atomic mass is 10.3. The van der Waals surface area contributed by atoms with Gasteiger partial charge in [-0.05, 0) is 26.1 Å². The number of nitrogens with one attached hydrogen (secondary N) is 1. The average molecular weight is 262 g/mol. The second kappa shape index (κ2) is 6.47. The van der Waals surface area contributed by atoms with Crippen molar-refractivity contribution in [1.29, 1.82) is 0 Å². The lowest BCUT2D eigenvalue weighted by molar-refractivity contribution is 0.312. The Labute approximate surface area is 112 Å². The van der Waals surface area contributed by atoms with E-state index in [2.05, 4.69) is 45.6 Å². The zero-order chi connectivity index (χ0) is 12.8. The Morgan fingerprint density at radius 3 is 2.83 bits per heavy atom. The van der Waals surface area contributed by atoms with Gasteiger partial charge in [0.15, 0.2) is 0 Å². The van der Waals surface area contributed by atoms with Gasteiger partial charge in [-0.25, -0.2) is 4.98 Å². The molecule has 18 heavy (non-hydrogen) atoms. The molecule has 2 heterocycles. The number of anilines is 1. The number of thiazole rings is 1. The van der Waals surface area contributed by atoms with Crippen molar-refractivity contribution >= 4 is 17.0 Å². The van der Waals surface area contributed by atoms with Gasteiger partial charge < -0.3 is 5.32 Å². The van der Waals surface area contributed by atoms with E-state index in [1.807, 2.05) is 17.8 Å². The maximum absolute atomic E-state index is 4.39. The molecule has 4 nitrogen and oxygen atoms in total. The molecule has 0 aromatic carbocycles. The van der Waals surface area contributed by atoms with Crippen LogP contribution in [0.2, 0.25) is 0 Å². The Morgan fingerprint density at radius 2 is 2.11 bits per heavy atom. The van der Waals surface area contributed by atoms with Crippen LogP contribution in [0.3, 0.4) is 0 Å². The second-order valence-electron chi connectivity index (χ2n) is 4.22. The molecule has 0 spiro atoms. The summed E-state index contributed by atoms with van der Waals surface area (Å²) in [5.41, 5.74) is 5.19. The molecule has 96 valence electrons. The van der Waals surface area contributed by atoms with Gasteiger partial charge in [-0.1, -0.05) is 0 Å². The summed E-state index contributed by atoms with van der Waals surface area (Å²) >= 11 is 1.63. The minimum atomic E-state index is 0.830. The van der Waals surface area contributed by atoms with Crippen molar-refractivity contribution in [3.8, 4) is 0 Å². The Kier molecular flexibility index (Phi) is 4.66. The van der Waals surface area contributed by atoms with Crippen molar-refractivity contribution in [3.05, 3.63) is 40.6 Å². The van der Waals surface area contributed by atoms with E-state index in [9.17, 15) is 0 Å². The molecule has 0 amide bonds. The van der Waals surface area contributed by atoms with Crippen LogP contribution in [-0.2, 0) is 13.1 Å². The summed E-state index contributed by atoms with van der Waals surface area (Å²) in [4.78, 5) is 10.9. The smallest absolute Gasteiger partial charge is 0.0795 e. The topological polar surface area (TPSA) is 41.1 Å². The highest BCUT2D eigenvalue weighted by Crippen LogP contribution is 2.11. The van der Waals surface area contributed by atoms with Gasteiger partial charge in [0.05, 0.1) is 16.9 Å². The maximum Gasteiger partial charge on any atom is 0.0795 e. The molecule has 2 rings (SSSR count). The standard InChI is InChI=1S/C13H18N4S/c1-3-14-11-4-5-15-12(6-11)7-17(2)8-13-9-18-10-16-13/h4-6,9-10H,3,7-8H2,1-2H3,(H,14,15). The summed E-state index contributed by atoms with van der Waals surface area (Å²) in [6.07, 6.45) is 1.85. The minimum absolute atomic E-state index is 0.830. The number of rotatable bonds is 6. The first-order chi connectivity index (χ1) is 8.78. The van der Waals surface area contributed by atoms with Crippen molar-refractivity contribution < 1.29 is 0 Å². The van der Waals surface area contributed by atoms with Crippen LogP contribution in [0.1, 0.15) is 18.3 Å². The molecule has 0 saturated heterocycles. The van der Waals surface area contributed by atoms with Gasteiger partial charge in [0, 0.05) is 36.9 Å². The van der Waals surface area contributed by atoms with Crippen molar-refractivity contribution in [2.45, 2.75) is 20.0 Å². The van der Waals surface area contributed by atoms with Crippen molar-refractivity contribution in [2.75, 3.05) is 18.9 Å². The molecule has 0 saturated carbocycles. The van der Waals surface area contributed by atoms with Crippen LogP contribution in [0.15, 0.2) is 29.2 Å². The van der Waals surface area contributed by atoms with Crippen LogP contribution in [0, 0.1) is 0 Å². The molecule has 0 aliphatic heterocycles. The number of nitrogens with zero attached hydrogens (tertiary/aromatic N) is 3. The molecule has 0 aliphatic carbocycles. The van der Waals surface area contributed by atoms with E-state index in [1.165, 1.54) is 0 Å². The van der Waals surface area contributed by atoms with Gasteiger partial charge in [-0.2, -0.15) is 0 Å². The van der Waals surface area contributed by atoms with E-state index in [-0.39, 0.29) is 0 Å². The highest BCUT2D eigenvalue weighted by Gasteiger charge is 2.04. The summed E-state index contributed by atoms with van der Waals surface area (Å²) in [7, 11) is 2.08. The fraction of sp³-hybridized carbons (Fsp3) is 0.385. The molecular formula is C13H18N4S. The summed E-state index contributed by atoms with van der Waals surface area (Å²) in [5.74, 6) is 0. The monoisotopic (exact) mass is 262 g/mol. The third-order valence-corrected chi connectivity index (χ3v) is 3.18. The molecule has 5 heteroatoms. The maximum atomic E-state index is 4.39. The third-order valence-electron chi connectivity index (χ3n) is 2.54. The van der Waals surface area contributed by atoms with E-state index in [1.54, 1.807) is 11.3 Å². The van der Waals surface area contributed by atoms with E-state index in [0.717, 1.165) is 36.7 Å². The molecule has 0 aliphatic rings. The minimum Gasteiger partial charge on any atom is -0.385 e. The van der Waals surface area contributed by atoms with Gasteiger partial charge in [0.1, 0.15) is 0 Å². The van der Waals surface area contributed by atoms with E-state index in [4.69, 9.17) is 0 Å². The van der Waals surface area contributed by atoms with Gasteiger partial charge in [0.2, 0.25) is 0 Å². The molecule has 0 unspecified atom stereocenters. The molecule has 2 aromatic rings. The van der Waals surface area contributed by atoms with E-state index in [0.29, 0.717) is 0 Å². The first kappa shape index (κ1) is 13.0. The summed E-state index contributed by atoms with van der Waals surface area (Å²) in [6.45, 7) is 4.71. The van der Waals surface area contributed by atoms with Crippen LogP contribution in [0.5, 0.6) is 0 Å². The highest BCUT2D eigenvalue weighted by molar-refractivity contribution is 7.07. The Balaban J connectivity index is 1.93. The molecule has 0 radical (unpaired) electrons. The van der Waals surface area contributed by atoms with Gasteiger partial charge >= 0.3 is 0 Å². The van der Waals surface area contributed by atoms with Crippen molar-refractivity contribution in [3.63, 3.8) is 0 Å². The SMILES string of the molecule is CCNc1ccnc(CN(C)Cc2cscn2)c1. The quantitative estimate of drug-likeness (QED) is 0.869. The number of pyridine rings is 1. The van der Waals surface area contributed by atoms with Crippen LogP contribution < -0.4 is 5.32 Å². The molecule has 0 bridgehead atoms. The normalized spacial score (nSPS) is 10.8. The van der Waals surface area contributed by atoms with Gasteiger partial charge in [0.25, 0.3) is 0 Å². The first-order valence-electron chi connectivity index (χ1n) is 6.02. The zero-order valence-corrected chi connectivity index (χ0v) is 11.6. The number of hydrogen-bond acceptors (Lipinski definition) is 5. The van der Waals surface area contributed by atoms with Crippen molar-refractivity contribution in [1.82, 2.24) is 14.9 Å². The molecular weight excluding hydrogens is 244 g/mol. The lowest BCUT2D eigenvalue weighted by Gasteiger charge is -2.15. The van der Waals surface area contributed by atoms with Crippen LogP contribution in [0.4, 0.5) is 5.69 Å². The Morgan fingerprint density at radius 1 is 1.28 bits per heavy atom. The predicted molar refractivity (Wildman–Crippen MR) is 75.7 cm³/mol. The molecule has 0 fully saturated rings. The average Bonchev–Trinajstić information content (AvgIpc) is 2.82. The largest absolute Gasteiger partial charge is 0.385 e. The predicted octanol–water partition coefficient (Wildman–Crippen LogP) is 2.60. The number of hydrogen-bond donors (Lipinski definition) is 1. The van der Waals surface area contributed by atoms with Crippen LogP contribution in [-0.4, -0.2) is 28.5 Å². The summed E-state index contributed by atoms with van der Waals surface area (Å²) < 4.78 is 0. The Bertz CT molecular complexity index is 470. The Hall–Kier alpha value is -1.46.